The minimum atomic E-state index is 0.374. The Morgan fingerprint density at radius 2 is 2.10 bits per heavy atom. The minimum Gasteiger partial charge on any atom is -0.494 e. The Bertz CT molecular complexity index is 385. The summed E-state index contributed by atoms with van der Waals surface area (Å²) in [5.74, 6) is 2.98. The second-order valence-electron chi connectivity index (χ2n) is 4.62. The number of nitrogens with one attached hydrogen (secondary N) is 1. The highest BCUT2D eigenvalue weighted by molar-refractivity contribution is 7.98. The maximum atomic E-state index is 5.72. The van der Waals surface area contributed by atoms with E-state index in [9.17, 15) is 0 Å². The summed E-state index contributed by atoms with van der Waals surface area (Å²) in [7, 11) is 1.74. The molecule has 0 amide bonds. The molecule has 0 aliphatic rings. The normalized spacial score (nSPS) is 12.4. The molecule has 0 aromatic heterocycles. The van der Waals surface area contributed by atoms with Crippen molar-refractivity contribution in [2.24, 2.45) is 0 Å². The Kier molecular flexibility index (Phi) is 8.74. The molecule has 0 radical (unpaired) electrons. The smallest absolute Gasteiger partial charge is 0.123 e. The molecule has 20 heavy (non-hydrogen) atoms. The van der Waals surface area contributed by atoms with E-state index < -0.39 is 0 Å². The molecule has 0 saturated carbocycles. The third kappa shape index (κ3) is 5.73. The van der Waals surface area contributed by atoms with Crippen molar-refractivity contribution in [1.29, 1.82) is 0 Å². The van der Waals surface area contributed by atoms with E-state index in [1.165, 1.54) is 11.1 Å². The Morgan fingerprint density at radius 1 is 1.30 bits per heavy atom. The van der Waals surface area contributed by atoms with Gasteiger partial charge in [-0.05, 0) is 38.1 Å². The summed E-state index contributed by atoms with van der Waals surface area (Å²) in [6.45, 7) is 8.83. The zero-order chi connectivity index (χ0) is 14.8. The van der Waals surface area contributed by atoms with E-state index in [0.29, 0.717) is 12.6 Å². The second kappa shape index (κ2) is 10.1. The molecular formula is C16H27NO2S. The molecule has 0 bridgehead atoms. The largest absolute Gasteiger partial charge is 0.494 e. The fourth-order valence-corrected chi connectivity index (χ4v) is 2.90. The molecule has 114 valence electrons. The van der Waals surface area contributed by atoms with Crippen LogP contribution in [-0.2, 0) is 10.5 Å². The summed E-state index contributed by atoms with van der Waals surface area (Å²) in [4.78, 5) is 0. The summed E-state index contributed by atoms with van der Waals surface area (Å²) in [5.41, 5.74) is 2.59. The number of ether oxygens (including phenoxy) is 2. The first-order valence-corrected chi connectivity index (χ1v) is 8.44. The van der Waals surface area contributed by atoms with E-state index in [1.54, 1.807) is 7.11 Å². The molecule has 0 spiro atoms. The van der Waals surface area contributed by atoms with Crippen LogP contribution < -0.4 is 10.1 Å². The molecule has 1 unspecified atom stereocenters. The number of hydrogen-bond acceptors (Lipinski definition) is 4. The van der Waals surface area contributed by atoms with Crippen LogP contribution in [0.25, 0.3) is 0 Å². The molecule has 1 aromatic rings. The van der Waals surface area contributed by atoms with Crippen molar-refractivity contribution in [2.75, 3.05) is 32.6 Å². The van der Waals surface area contributed by atoms with Gasteiger partial charge in [0.15, 0.2) is 0 Å². The number of methoxy groups -OCH3 is 1. The van der Waals surface area contributed by atoms with Gasteiger partial charge in [0.2, 0.25) is 0 Å². The summed E-state index contributed by atoms with van der Waals surface area (Å²) in [6.07, 6.45) is 0. The van der Waals surface area contributed by atoms with Gasteiger partial charge in [-0.15, -0.1) is 0 Å². The van der Waals surface area contributed by atoms with E-state index in [2.05, 4.69) is 37.4 Å². The van der Waals surface area contributed by atoms with Crippen LogP contribution in [0.4, 0.5) is 0 Å². The van der Waals surface area contributed by atoms with Gasteiger partial charge in [0, 0.05) is 30.2 Å². The predicted octanol–water partition coefficient (Wildman–Crippen LogP) is 3.64. The fraction of sp³-hybridized carbons (Fsp3) is 0.625. The summed E-state index contributed by atoms with van der Waals surface area (Å²) in [6, 6.07) is 6.89. The first-order chi connectivity index (χ1) is 9.72. The maximum absolute atomic E-state index is 5.72. The molecule has 0 fully saturated rings. The number of benzene rings is 1. The Hall–Kier alpha value is -0.710. The zero-order valence-electron chi connectivity index (χ0n) is 13.1. The molecule has 1 atom stereocenters. The van der Waals surface area contributed by atoms with Gasteiger partial charge >= 0.3 is 0 Å². The van der Waals surface area contributed by atoms with Crippen LogP contribution in [0.3, 0.4) is 0 Å². The summed E-state index contributed by atoms with van der Waals surface area (Å²) >= 11 is 1.88. The van der Waals surface area contributed by atoms with Gasteiger partial charge in [-0.1, -0.05) is 13.0 Å². The van der Waals surface area contributed by atoms with Crippen LogP contribution in [0.2, 0.25) is 0 Å². The van der Waals surface area contributed by atoms with Crippen LogP contribution in [0, 0.1) is 0 Å². The quantitative estimate of drug-likeness (QED) is 0.668. The van der Waals surface area contributed by atoms with E-state index in [-0.39, 0.29) is 0 Å². The highest BCUT2D eigenvalue weighted by Crippen LogP contribution is 2.27. The van der Waals surface area contributed by atoms with Crippen molar-refractivity contribution in [3.8, 4) is 5.75 Å². The van der Waals surface area contributed by atoms with Crippen LogP contribution in [0.5, 0.6) is 5.75 Å². The van der Waals surface area contributed by atoms with Crippen LogP contribution in [0.15, 0.2) is 18.2 Å². The lowest BCUT2D eigenvalue weighted by Gasteiger charge is -2.16. The topological polar surface area (TPSA) is 30.5 Å². The van der Waals surface area contributed by atoms with Gasteiger partial charge in [0.1, 0.15) is 5.75 Å². The number of rotatable bonds is 10. The molecular weight excluding hydrogens is 270 g/mol. The molecule has 0 aliphatic heterocycles. The van der Waals surface area contributed by atoms with Gasteiger partial charge in [0.25, 0.3) is 0 Å². The fourth-order valence-electron chi connectivity index (χ4n) is 2.03. The van der Waals surface area contributed by atoms with E-state index in [0.717, 1.165) is 30.4 Å². The average Bonchev–Trinajstić information content (AvgIpc) is 2.45. The SMILES string of the molecule is CCNC(C)c1ccc(OCC)c(CSCCOC)c1. The van der Waals surface area contributed by atoms with Gasteiger partial charge in [-0.3, -0.25) is 0 Å². The maximum Gasteiger partial charge on any atom is 0.123 e. The minimum absolute atomic E-state index is 0.374. The average molecular weight is 297 g/mol. The van der Waals surface area contributed by atoms with Gasteiger partial charge in [-0.2, -0.15) is 11.8 Å². The van der Waals surface area contributed by atoms with Crippen molar-refractivity contribution >= 4 is 11.8 Å². The van der Waals surface area contributed by atoms with Crippen molar-refractivity contribution in [3.63, 3.8) is 0 Å². The molecule has 1 aromatic carbocycles. The van der Waals surface area contributed by atoms with Gasteiger partial charge in [-0.25, -0.2) is 0 Å². The van der Waals surface area contributed by atoms with Crippen LogP contribution in [-0.4, -0.2) is 32.6 Å². The third-order valence-corrected chi connectivity index (χ3v) is 4.05. The van der Waals surface area contributed by atoms with Crippen molar-refractivity contribution in [3.05, 3.63) is 29.3 Å². The first kappa shape index (κ1) is 17.3. The van der Waals surface area contributed by atoms with Crippen molar-refractivity contribution < 1.29 is 9.47 Å². The summed E-state index contributed by atoms with van der Waals surface area (Å²) < 4.78 is 10.8. The molecule has 3 nitrogen and oxygen atoms in total. The highest BCUT2D eigenvalue weighted by Gasteiger charge is 2.09. The highest BCUT2D eigenvalue weighted by atomic mass is 32.2. The lowest BCUT2D eigenvalue weighted by atomic mass is 10.0. The number of hydrogen-bond donors (Lipinski definition) is 1. The second-order valence-corrected chi connectivity index (χ2v) is 5.73. The number of thioether (sulfide) groups is 1. The summed E-state index contributed by atoms with van der Waals surface area (Å²) in [5, 5.41) is 3.45. The van der Waals surface area contributed by atoms with E-state index in [4.69, 9.17) is 9.47 Å². The Morgan fingerprint density at radius 3 is 2.75 bits per heavy atom. The lowest BCUT2D eigenvalue weighted by molar-refractivity contribution is 0.218. The van der Waals surface area contributed by atoms with E-state index >= 15 is 0 Å². The first-order valence-electron chi connectivity index (χ1n) is 7.28. The van der Waals surface area contributed by atoms with Crippen LogP contribution in [0.1, 0.15) is 37.9 Å². The zero-order valence-corrected chi connectivity index (χ0v) is 13.9. The van der Waals surface area contributed by atoms with Gasteiger partial charge in [0.05, 0.1) is 13.2 Å². The van der Waals surface area contributed by atoms with Crippen LogP contribution >= 0.6 is 11.8 Å². The lowest BCUT2D eigenvalue weighted by Crippen LogP contribution is -2.17. The van der Waals surface area contributed by atoms with Crippen molar-refractivity contribution in [2.45, 2.75) is 32.6 Å². The predicted molar refractivity (Wildman–Crippen MR) is 87.7 cm³/mol. The molecule has 0 aliphatic carbocycles. The Labute approximate surface area is 127 Å². The van der Waals surface area contributed by atoms with Crippen molar-refractivity contribution in [1.82, 2.24) is 5.32 Å². The Balaban J connectivity index is 2.76. The molecule has 1 N–H and O–H groups in total. The molecule has 0 saturated heterocycles. The molecule has 0 heterocycles. The molecule has 1 rings (SSSR count). The van der Waals surface area contributed by atoms with Gasteiger partial charge < -0.3 is 14.8 Å². The monoisotopic (exact) mass is 297 g/mol. The molecule has 4 heteroatoms. The van der Waals surface area contributed by atoms with E-state index in [1.807, 2.05) is 18.7 Å². The standard InChI is InChI=1S/C16H27NO2S/c1-5-17-13(3)14-7-8-16(19-6-2)15(11-14)12-20-10-9-18-4/h7-8,11,13,17H,5-6,9-10,12H2,1-4H3. The third-order valence-electron chi connectivity index (χ3n) is 3.08.